The number of hydrogen-bond donors (Lipinski definition) is 0. The topological polar surface area (TPSA) is 31.2 Å². The number of pyridine rings is 1. The average Bonchev–Trinajstić information content (AvgIpc) is 2.34. The summed E-state index contributed by atoms with van der Waals surface area (Å²) in [6, 6.07) is 9.38. The first-order valence-electron chi connectivity index (χ1n) is 5.59. The van der Waals surface area contributed by atoms with Gasteiger partial charge in [-0.05, 0) is 41.6 Å². The highest BCUT2D eigenvalue weighted by Gasteiger charge is 2.05. The zero-order valence-corrected chi connectivity index (χ0v) is 12.5. The van der Waals surface area contributed by atoms with E-state index in [-0.39, 0.29) is 5.56 Å². The van der Waals surface area contributed by atoms with Crippen molar-refractivity contribution in [3.8, 4) is 5.75 Å². The lowest BCUT2D eigenvalue weighted by molar-refractivity contribution is 0.408. The van der Waals surface area contributed by atoms with Crippen LogP contribution in [0.4, 0.5) is 0 Å². The molecule has 2 rings (SSSR count). The van der Waals surface area contributed by atoms with Gasteiger partial charge in [0.15, 0.2) is 0 Å². The molecular weight excluding hydrogens is 341 g/mol. The first-order valence-corrected chi connectivity index (χ1v) is 6.67. The third-order valence-corrected chi connectivity index (χ3v) is 3.36. The van der Waals surface area contributed by atoms with Gasteiger partial charge in [-0.1, -0.05) is 17.7 Å². The molecule has 0 atom stereocenters. The first-order chi connectivity index (χ1) is 8.60. The average molecular weight is 355 g/mol. The summed E-state index contributed by atoms with van der Waals surface area (Å²) in [5, 5.41) is 0. The van der Waals surface area contributed by atoms with E-state index in [1.54, 1.807) is 17.7 Å². The van der Waals surface area contributed by atoms with Gasteiger partial charge in [-0.15, -0.1) is 0 Å². The molecule has 0 unspecified atom stereocenters. The van der Waals surface area contributed by atoms with Crippen molar-refractivity contribution in [1.29, 1.82) is 0 Å². The number of benzene rings is 1. The molecule has 0 saturated heterocycles. The van der Waals surface area contributed by atoms with Gasteiger partial charge in [0, 0.05) is 21.4 Å². The Morgan fingerprint density at radius 1 is 1.28 bits per heavy atom. The van der Waals surface area contributed by atoms with E-state index in [1.165, 1.54) is 0 Å². The van der Waals surface area contributed by atoms with Crippen LogP contribution < -0.4 is 10.3 Å². The first kappa shape index (κ1) is 13.1. The summed E-state index contributed by atoms with van der Waals surface area (Å²) in [5.74, 6) is 0.811. The molecule has 0 aliphatic heterocycles. The fourth-order valence-electron chi connectivity index (χ4n) is 1.84. The smallest absolute Gasteiger partial charge is 0.250 e. The van der Waals surface area contributed by atoms with Crippen LogP contribution in [0.5, 0.6) is 5.75 Å². The van der Waals surface area contributed by atoms with Crippen molar-refractivity contribution in [3.63, 3.8) is 0 Å². The highest BCUT2D eigenvalue weighted by Crippen LogP contribution is 2.20. The van der Waals surface area contributed by atoms with Gasteiger partial charge in [0.2, 0.25) is 0 Å². The van der Waals surface area contributed by atoms with Crippen molar-refractivity contribution < 1.29 is 4.74 Å². The lowest BCUT2D eigenvalue weighted by Crippen LogP contribution is -2.19. The predicted molar refractivity (Wildman–Crippen MR) is 80.3 cm³/mol. The van der Waals surface area contributed by atoms with Gasteiger partial charge < -0.3 is 9.30 Å². The Morgan fingerprint density at radius 3 is 2.78 bits per heavy atom. The fourth-order valence-corrected chi connectivity index (χ4v) is 2.36. The molecule has 2 aromatic rings. The number of aromatic nitrogens is 1. The number of ether oxygens (including phenoxy) is 1. The van der Waals surface area contributed by atoms with Gasteiger partial charge in [0.1, 0.15) is 5.75 Å². The van der Waals surface area contributed by atoms with E-state index in [4.69, 9.17) is 4.74 Å². The van der Waals surface area contributed by atoms with Crippen molar-refractivity contribution in [2.45, 2.75) is 13.5 Å². The zero-order chi connectivity index (χ0) is 13.1. The Bertz CT molecular complexity index is 619. The third kappa shape index (κ3) is 2.93. The maximum Gasteiger partial charge on any atom is 0.250 e. The minimum Gasteiger partial charge on any atom is -0.496 e. The zero-order valence-electron chi connectivity index (χ0n) is 10.3. The second kappa shape index (κ2) is 5.56. The number of nitrogens with zero attached hydrogens (tertiary/aromatic N) is 1. The van der Waals surface area contributed by atoms with Gasteiger partial charge in [-0.3, -0.25) is 4.79 Å². The van der Waals surface area contributed by atoms with E-state index >= 15 is 0 Å². The molecule has 0 aliphatic carbocycles. The van der Waals surface area contributed by atoms with Crippen molar-refractivity contribution in [2.24, 2.45) is 0 Å². The molecule has 0 amide bonds. The number of methoxy groups -OCH3 is 1. The Hall–Kier alpha value is -1.30. The lowest BCUT2D eigenvalue weighted by Gasteiger charge is -2.11. The van der Waals surface area contributed by atoms with Crippen LogP contribution in [-0.2, 0) is 6.54 Å². The third-order valence-electron chi connectivity index (χ3n) is 2.72. The number of halogens is 1. The van der Waals surface area contributed by atoms with E-state index in [1.807, 2.05) is 37.4 Å². The van der Waals surface area contributed by atoms with Gasteiger partial charge in [-0.25, -0.2) is 0 Å². The molecule has 0 radical (unpaired) electrons. The van der Waals surface area contributed by atoms with Crippen LogP contribution in [0.1, 0.15) is 11.1 Å². The molecule has 0 fully saturated rings. The van der Waals surface area contributed by atoms with Crippen molar-refractivity contribution >= 4 is 22.6 Å². The SMILES string of the molecule is COc1ccc(C)cc1Cn1cc(I)ccc1=O. The maximum atomic E-state index is 11.8. The molecule has 0 aliphatic rings. The summed E-state index contributed by atoms with van der Waals surface area (Å²) in [6.07, 6.45) is 1.85. The molecular formula is C14H14INO2. The van der Waals surface area contributed by atoms with Crippen LogP contribution in [0.3, 0.4) is 0 Å². The molecule has 0 spiro atoms. The number of aryl methyl sites for hydroxylation is 1. The minimum atomic E-state index is -0.000949. The van der Waals surface area contributed by atoms with Crippen LogP contribution in [0.2, 0.25) is 0 Å². The Kier molecular flexibility index (Phi) is 4.06. The molecule has 1 aromatic carbocycles. The summed E-state index contributed by atoms with van der Waals surface area (Å²) in [4.78, 5) is 11.8. The van der Waals surface area contributed by atoms with Crippen LogP contribution in [0, 0.1) is 10.5 Å². The van der Waals surface area contributed by atoms with E-state index in [0.717, 1.165) is 20.4 Å². The second-order valence-corrected chi connectivity index (χ2v) is 5.37. The quantitative estimate of drug-likeness (QED) is 0.793. The van der Waals surface area contributed by atoms with Crippen molar-refractivity contribution in [3.05, 3.63) is 61.6 Å². The highest BCUT2D eigenvalue weighted by molar-refractivity contribution is 14.1. The van der Waals surface area contributed by atoms with Gasteiger partial charge >= 0.3 is 0 Å². The van der Waals surface area contributed by atoms with E-state index in [0.29, 0.717) is 6.54 Å². The molecule has 18 heavy (non-hydrogen) atoms. The van der Waals surface area contributed by atoms with Crippen molar-refractivity contribution in [1.82, 2.24) is 4.57 Å². The monoisotopic (exact) mass is 355 g/mol. The minimum absolute atomic E-state index is 0.000949. The standard InChI is InChI=1S/C14H14INO2/c1-10-3-5-13(18-2)11(7-10)8-16-9-12(15)4-6-14(16)17/h3-7,9H,8H2,1-2H3. The lowest BCUT2D eigenvalue weighted by atomic mass is 10.1. The Balaban J connectivity index is 2.42. The largest absolute Gasteiger partial charge is 0.496 e. The molecule has 0 bridgehead atoms. The summed E-state index contributed by atoms with van der Waals surface area (Å²) >= 11 is 2.20. The summed E-state index contributed by atoms with van der Waals surface area (Å²) in [5.41, 5.74) is 2.17. The van der Waals surface area contributed by atoms with Crippen LogP contribution >= 0.6 is 22.6 Å². The van der Waals surface area contributed by atoms with Crippen LogP contribution in [-0.4, -0.2) is 11.7 Å². The van der Waals surface area contributed by atoms with Gasteiger partial charge in [0.25, 0.3) is 5.56 Å². The Morgan fingerprint density at radius 2 is 2.06 bits per heavy atom. The number of rotatable bonds is 3. The van der Waals surface area contributed by atoms with Crippen LogP contribution in [0.25, 0.3) is 0 Å². The van der Waals surface area contributed by atoms with Crippen molar-refractivity contribution in [2.75, 3.05) is 7.11 Å². The van der Waals surface area contributed by atoms with E-state index < -0.39 is 0 Å². The molecule has 1 heterocycles. The fraction of sp³-hybridized carbons (Fsp3) is 0.214. The normalized spacial score (nSPS) is 10.4. The second-order valence-electron chi connectivity index (χ2n) is 4.13. The van der Waals surface area contributed by atoms with Gasteiger partial charge in [0.05, 0.1) is 13.7 Å². The summed E-state index contributed by atoms with van der Waals surface area (Å²) in [6.45, 7) is 2.56. The number of hydrogen-bond acceptors (Lipinski definition) is 2. The van der Waals surface area contributed by atoms with Crippen LogP contribution in [0.15, 0.2) is 41.3 Å². The molecule has 94 valence electrons. The Labute approximate surface area is 120 Å². The van der Waals surface area contributed by atoms with E-state index in [9.17, 15) is 4.79 Å². The molecule has 1 aromatic heterocycles. The highest BCUT2D eigenvalue weighted by atomic mass is 127. The predicted octanol–water partition coefficient (Wildman–Crippen LogP) is 2.82. The molecule has 3 nitrogen and oxygen atoms in total. The van der Waals surface area contributed by atoms with Gasteiger partial charge in [-0.2, -0.15) is 0 Å². The maximum absolute atomic E-state index is 11.8. The molecule has 4 heteroatoms. The van der Waals surface area contributed by atoms with E-state index in [2.05, 4.69) is 22.6 Å². The summed E-state index contributed by atoms with van der Waals surface area (Å²) < 4.78 is 8.06. The molecule has 0 saturated carbocycles. The summed E-state index contributed by atoms with van der Waals surface area (Å²) in [7, 11) is 1.64. The molecule has 0 N–H and O–H groups in total.